The van der Waals surface area contributed by atoms with Gasteiger partial charge in [-0.25, -0.2) is 0 Å². The molecule has 98 valence electrons. The lowest BCUT2D eigenvalue weighted by Crippen LogP contribution is -2.61. The van der Waals surface area contributed by atoms with Gasteiger partial charge in [0.1, 0.15) is 0 Å². The smallest absolute Gasteiger partial charge is 0.0655 e. The van der Waals surface area contributed by atoms with E-state index in [9.17, 15) is 0 Å². The number of rotatable bonds is 6. The lowest BCUT2D eigenvalue weighted by Gasteiger charge is -2.52. The monoisotopic (exact) mass is 237 g/mol. The van der Waals surface area contributed by atoms with Crippen LogP contribution in [-0.4, -0.2) is 25.3 Å². The molecule has 1 fully saturated rings. The second kappa shape index (κ2) is 5.53. The van der Waals surface area contributed by atoms with Crippen LogP contribution in [0.1, 0.15) is 52.9 Å². The van der Waals surface area contributed by atoms with E-state index in [1.54, 1.807) is 5.57 Å². The van der Waals surface area contributed by atoms with Crippen molar-refractivity contribution < 1.29 is 4.74 Å². The average Bonchev–Trinajstić information content (AvgIpc) is 2.80. The molecule has 0 bridgehead atoms. The molecule has 0 aromatic carbocycles. The number of hydrogen-bond donors (Lipinski definition) is 1. The molecule has 2 unspecified atom stereocenters. The van der Waals surface area contributed by atoms with Crippen LogP contribution in [0.3, 0.4) is 0 Å². The lowest BCUT2D eigenvalue weighted by molar-refractivity contribution is -0.113. The molecule has 17 heavy (non-hydrogen) atoms. The maximum absolute atomic E-state index is 5.75. The lowest BCUT2D eigenvalue weighted by atomic mass is 9.64. The quantitative estimate of drug-likeness (QED) is 0.716. The van der Waals surface area contributed by atoms with Crippen LogP contribution in [-0.2, 0) is 4.74 Å². The van der Waals surface area contributed by atoms with Crippen molar-refractivity contribution in [3.05, 3.63) is 11.6 Å². The summed E-state index contributed by atoms with van der Waals surface area (Å²) in [6, 6.07) is 0.640. The third-order valence-electron chi connectivity index (χ3n) is 4.52. The van der Waals surface area contributed by atoms with Crippen molar-refractivity contribution in [2.75, 3.05) is 13.2 Å². The van der Waals surface area contributed by atoms with Crippen LogP contribution in [0.4, 0.5) is 0 Å². The Balaban J connectivity index is 1.67. The van der Waals surface area contributed by atoms with E-state index in [1.165, 1.54) is 32.1 Å². The van der Waals surface area contributed by atoms with E-state index < -0.39 is 0 Å². The summed E-state index contributed by atoms with van der Waals surface area (Å²) in [4.78, 5) is 0. The van der Waals surface area contributed by atoms with Gasteiger partial charge in [0.05, 0.1) is 6.10 Å². The first-order valence-electron chi connectivity index (χ1n) is 7.17. The number of allylic oxidation sites excluding steroid dienone is 1. The molecule has 0 saturated heterocycles. The highest BCUT2D eigenvalue weighted by atomic mass is 16.5. The Labute approximate surface area is 106 Å². The van der Waals surface area contributed by atoms with Crippen LogP contribution < -0.4 is 5.32 Å². The van der Waals surface area contributed by atoms with Gasteiger partial charge < -0.3 is 10.1 Å². The molecule has 1 N–H and O–H groups in total. The number of ether oxygens (including phenoxy) is 1. The summed E-state index contributed by atoms with van der Waals surface area (Å²) in [6.45, 7) is 8.71. The van der Waals surface area contributed by atoms with Crippen LogP contribution in [0, 0.1) is 5.41 Å². The minimum absolute atomic E-state index is 0.306. The molecule has 0 amide bonds. The second-order valence-corrected chi connectivity index (χ2v) is 6.01. The zero-order valence-electron chi connectivity index (χ0n) is 11.6. The summed E-state index contributed by atoms with van der Waals surface area (Å²) in [6.07, 6.45) is 9.31. The summed E-state index contributed by atoms with van der Waals surface area (Å²) in [5.74, 6) is 0. The van der Waals surface area contributed by atoms with E-state index >= 15 is 0 Å². The van der Waals surface area contributed by atoms with Crippen LogP contribution >= 0.6 is 0 Å². The Hall–Kier alpha value is -0.340. The van der Waals surface area contributed by atoms with Crippen LogP contribution in [0.5, 0.6) is 0 Å². The third kappa shape index (κ3) is 2.92. The molecule has 0 heterocycles. The standard InChI is InChI=1S/C15H27NO/c1-4-17-14-11-13(15(14,2)3)16-10-9-12-7-5-6-8-12/h7,13-14,16H,4-6,8-11H2,1-3H3. The van der Waals surface area contributed by atoms with Crippen molar-refractivity contribution in [2.45, 2.75) is 65.0 Å². The molecule has 2 aliphatic rings. The number of nitrogens with one attached hydrogen (secondary N) is 1. The normalized spacial score (nSPS) is 31.1. The van der Waals surface area contributed by atoms with Gasteiger partial charge in [0.2, 0.25) is 0 Å². The van der Waals surface area contributed by atoms with Crippen LogP contribution in [0.15, 0.2) is 11.6 Å². The van der Waals surface area contributed by atoms with Crippen molar-refractivity contribution >= 4 is 0 Å². The maximum atomic E-state index is 5.75. The molecule has 2 atom stereocenters. The molecular weight excluding hydrogens is 210 g/mol. The van der Waals surface area contributed by atoms with Gasteiger partial charge in [-0.1, -0.05) is 25.5 Å². The Morgan fingerprint density at radius 3 is 2.88 bits per heavy atom. The fourth-order valence-electron chi connectivity index (χ4n) is 3.09. The molecule has 2 aliphatic carbocycles. The topological polar surface area (TPSA) is 21.3 Å². The first kappa shape index (κ1) is 13.1. The van der Waals surface area contributed by atoms with Crippen LogP contribution in [0.2, 0.25) is 0 Å². The summed E-state index contributed by atoms with van der Waals surface area (Å²) in [7, 11) is 0. The van der Waals surface area contributed by atoms with Crippen molar-refractivity contribution in [2.24, 2.45) is 5.41 Å². The molecule has 2 heteroatoms. The molecule has 1 saturated carbocycles. The fraction of sp³-hybridized carbons (Fsp3) is 0.867. The van der Waals surface area contributed by atoms with Gasteiger partial charge >= 0.3 is 0 Å². The minimum atomic E-state index is 0.306. The summed E-state index contributed by atoms with van der Waals surface area (Å²) in [5.41, 5.74) is 1.97. The molecule has 0 aliphatic heterocycles. The van der Waals surface area contributed by atoms with Gasteiger partial charge in [-0.2, -0.15) is 0 Å². The van der Waals surface area contributed by atoms with Gasteiger partial charge in [-0.05, 0) is 45.6 Å². The van der Waals surface area contributed by atoms with E-state index in [1.807, 2.05) is 0 Å². The largest absolute Gasteiger partial charge is 0.378 e. The molecule has 0 spiro atoms. The summed E-state index contributed by atoms with van der Waals surface area (Å²) >= 11 is 0. The summed E-state index contributed by atoms with van der Waals surface area (Å²) < 4.78 is 5.75. The van der Waals surface area contributed by atoms with Crippen molar-refractivity contribution in [1.82, 2.24) is 5.32 Å². The van der Waals surface area contributed by atoms with Gasteiger partial charge in [0.25, 0.3) is 0 Å². The molecule has 0 aromatic heterocycles. The molecule has 2 rings (SSSR count). The minimum Gasteiger partial charge on any atom is -0.378 e. The Bertz CT molecular complexity index is 283. The first-order chi connectivity index (χ1) is 8.14. The Morgan fingerprint density at radius 1 is 1.47 bits per heavy atom. The van der Waals surface area contributed by atoms with Crippen molar-refractivity contribution in [1.29, 1.82) is 0 Å². The SMILES string of the molecule is CCOC1CC(NCCC2=CCCC2)C1(C)C. The zero-order valence-corrected chi connectivity index (χ0v) is 11.6. The summed E-state index contributed by atoms with van der Waals surface area (Å²) in [5, 5.41) is 3.70. The molecular formula is C15H27NO. The number of hydrogen-bond acceptors (Lipinski definition) is 2. The van der Waals surface area contributed by atoms with Gasteiger partial charge in [0.15, 0.2) is 0 Å². The Kier molecular flexibility index (Phi) is 4.26. The van der Waals surface area contributed by atoms with Gasteiger partial charge in [-0.15, -0.1) is 0 Å². The first-order valence-corrected chi connectivity index (χ1v) is 7.17. The van der Waals surface area contributed by atoms with Crippen LogP contribution in [0.25, 0.3) is 0 Å². The second-order valence-electron chi connectivity index (χ2n) is 6.01. The predicted octanol–water partition coefficient (Wildman–Crippen LogP) is 3.28. The molecule has 0 radical (unpaired) electrons. The van der Waals surface area contributed by atoms with Crippen molar-refractivity contribution in [3.8, 4) is 0 Å². The van der Waals surface area contributed by atoms with E-state index in [2.05, 4.69) is 32.2 Å². The molecule has 2 nitrogen and oxygen atoms in total. The van der Waals surface area contributed by atoms with E-state index in [0.29, 0.717) is 17.6 Å². The van der Waals surface area contributed by atoms with Crippen molar-refractivity contribution in [3.63, 3.8) is 0 Å². The Morgan fingerprint density at radius 2 is 2.29 bits per heavy atom. The van der Waals surface area contributed by atoms with E-state index in [-0.39, 0.29) is 0 Å². The predicted molar refractivity (Wildman–Crippen MR) is 72.2 cm³/mol. The maximum Gasteiger partial charge on any atom is 0.0655 e. The molecule has 0 aromatic rings. The fourth-order valence-corrected chi connectivity index (χ4v) is 3.09. The zero-order chi connectivity index (χ0) is 12.3. The average molecular weight is 237 g/mol. The van der Waals surface area contributed by atoms with E-state index in [4.69, 9.17) is 4.74 Å². The highest BCUT2D eigenvalue weighted by Gasteiger charge is 2.48. The highest BCUT2D eigenvalue weighted by Crippen LogP contribution is 2.42. The third-order valence-corrected chi connectivity index (χ3v) is 4.52. The highest BCUT2D eigenvalue weighted by molar-refractivity contribution is 5.08. The van der Waals surface area contributed by atoms with E-state index in [0.717, 1.165) is 13.2 Å². The van der Waals surface area contributed by atoms with Gasteiger partial charge in [-0.3, -0.25) is 0 Å². The van der Waals surface area contributed by atoms with Gasteiger partial charge in [0, 0.05) is 18.1 Å².